The fraction of sp³-hybridized carbons (Fsp3) is 0.417. The van der Waals surface area contributed by atoms with Gasteiger partial charge in [0.25, 0.3) is 0 Å². The van der Waals surface area contributed by atoms with Gasteiger partial charge in [-0.25, -0.2) is 0 Å². The molecule has 1 rings (SSSR count). The van der Waals surface area contributed by atoms with E-state index in [2.05, 4.69) is 0 Å². The normalized spacial score (nSPS) is 14.1. The molecule has 1 aromatic carbocycles. The molecule has 0 fully saturated rings. The smallest absolute Gasteiger partial charge is 0.241 e. The van der Waals surface area contributed by atoms with Crippen LogP contribution >= 0.6 is 7.37 Å². The van der Waals surface area contributed by atoms with Crippen LogP contribution in [0.4, 0.5) is 0 Å². The van der Waals surface area contributed by atoms with Gasteiger partial charge >= 0.3 is 0 Å². The lowest BCUT2D eigenvalue weighted by Gasteiger charge is -2.19. The van der Waals surface area contributed by atoms with E-state index in [-0.39, 0.29) is 12.1 Å². The SMILES string of the molecule is CCOP(=O)(CC(=O)N(C)C)c1ccccc1. The summed E-state index contributed by atoms with van der Waals surface area (Å²) < 4.78 is 18.0. The van der Waals surface area contributed by atoms with Crippen molar-refractivity contribution < 1.29 is 13.9 Å². The number of nitrogens with zero attached hydrogens (tertiary/aromatic N) is 1. The summed E-state index contributed by atoms with van der Waals surface area (Å²) >= 11 is 0. The van der Waals surface area contributed by atoms with Crippen molar-refractivity contribution in [3.05, 3.63) is 30.3 Å². The minimum Gasteiger partial charge on any atom is -0.348 e. The van der Waals surface area contributed by atoms with Crippen LogP contribution in [0.2, 0.25) is 0 Å². The molecule has 17 heavy (non-hydrogen) atoms. The van der Waals surface area contributed by atoms with Crippen LogP contribution in [-0.2, 0) is 13.9 Å². The van der Waals surface area contributed by atoms with E-state index in [1.807, 2.05) is 6.07 Å². The fourth-order valence-electron chi connectivity index (χ4n) is 1.39. The third-order valence-electron chi connectivity index (χ3n) is 2.33. The summed E-state index contributed by atoms with van der Waals surface area (Å²) in [4.78, 5) is 13.1. The number of carbonyl (C=O) groups is 1. The van der Waals surface area contributed by atoms with Gasteiger partial charge in [-0.1, -0.05) is 18.2 Å². The second-order valence-electron chi connectivity index (χ2n) is 3.87. The molecule has 0 aliphatic carbocycles. The number of hydrogen-bond donors (Lipinski definition) is 0. The topological polar surface area (TPSA) is 46.6 Å². The molecule has 1 unspecified atom stereocenters. The second-order valence-corrected chi connectivity index (χ2v) is 6.31. The van der Waals surface area contributed by atoms with E-state index in [1.165, 1.54) is 4.90 Å². The summed E-state index contributed by atoms with van der Waals surface area (Å²) in [5.74, 6) is -0.189. The molecule has 0 saturated heterocycles. The quantitative estimate of drug-likeness (QED) is 0.752. The van der Waals surface area contributed by atoms with E-state index in [4.69, 9.17) is 4.52 Å². The predicted molar refractivity (Wildman–Crippen MR) is 68.9 cm³/mol. The molecule has 0 radical (unpaired) electrons. The zero-order valence-electron chi connectivity index (χ0n) is 10.4. The van der Waals surface area contributed by atoms with Gasteiger partial charge in [0.15, 0.2) is 0 Å². The van der Waals surface area contributed by atoms with Gasteiger partial charge in [-0.15, -0.1) is 0 Å². The second kappa shape index (κ2) is 5.99. The van der Waals surface area contributed by atoms with Crippen LogP contribution in [0.25, 0.3) is 0 Å². The van der Waals surface area contributed by atoms with Crippen molar-refractivity contribution in [3.8, 4) is 0 Å². The van der Waals surface area contributed by atoms with E-state index in [0.717, 1.165) is 0 Å². The zero-order valence-corrected chi connectivity index (χ0v) is 11.3. The molecular formula is C12H18NO3P. The van der Waals surface area contributed by atoms with Crippen LogP contribution in [0, 0.1) is 0 Å². The molecule has 0 N–H and O–H groups in total. The number of carbonyl (C=O) groups excluding carboxylic acids is 1. The van der Waals surface area contributed by atoms with Gasteiger partial charge < -0.3 is 9.42 Å². The van der Waals surface area contributed by atoms with Gasteiger partial charge in [0, 0.05) is 19.4 Å². The molecule has 1 atom stereocenters. The van der Waals surface area contributed by atoms with Crippen LogP contribution in [0.1, 0.15) is 6.92 Å². The van der Waals surface area contributed by atoms with E-state index in [9.17, 15) is 9.36 Å². The predicted octanol–water partition coefficient (Wildman–Crippen LogP) is 1.71. The Hall–Kier alpha value is -1.12. The summed E-state index contributed by atoms with van der Waals surface area (Å²) in [7, 11) is 0.212. The monoisotopic (exact) mass is 255 g/mol. The Morgan fingerprint density at radius 1 is 1.29 bits per heavy atom. The first-order valence-corrected chi connectivity index (χ1v) is 7.30. The highest BCUT2D eigenvalue weighted by atomic mass is 31.2. The number of amides is 1. The average Bonchev–Trinajstić information content (AvgIpc) is 2.30. The maximum Gasteiger partial charge on any atom is 0.241 e. The standard InChI is InChI=1S/C12H18NO3P/c1-4-16-17(15,10-12(14)13(2)3)11-8-6-5-7-9-11/h5-9H,4,10H2,1-3H3. The largest absolute Gasteiger partial charge is 0.348 e. The van der Waals surface area contributed by atoms with Crippen LogP contribution in [0.15, 0.2) is 30.3 Å². The first-order chi connectivity index (χ1) is 7.99. The van der Waals surface area contributed by atoms with E-state index in [1.54, 1.807) is 45.3 Å². The fourth-order valence-corrected chi connectivity index (χ4v) is 3.50. The third kappa shape index (κ3) is 3.69. The molecule has 0 aliphatic rings. The van der Waals surface area contributed by atoms with Crippen molar-refractivity contribution in [3.63, 3.8) is 0 Å². The first-order valence-electron chi connectivity index (χ1n) is 5.49. The molecule has 0 heterocycles. The van der Waals surface area contributed by atoms with Gasteiger partial charge in [-0.3, -0.25) is 9.36 Å². The van der Waals surface area contributed by atoms with Gasteiger partial charge in [0.05, 0.1) is 6.61 Å². The Labute approximate surface area is 102 Å². The Bertz CT molecular complexity index is 417. The van der Waals surface area contributed by atoms with Crippen LogP contribution in [0.3, 0.4) is 0 Å². The third-order valence-corrected chi connectivity index (χ3v) is 4.78. The Kier molecular flexibility index (Phi) is 4.91. The summed E-state index contributed by atoms with van der Waals surface area (Å²) in [6.45, 7) is 2.10. The molecule has 94 valence electrons. The summed E-state index contributed by atoms with van der Waals surface area (Å²) in [6, 6.07) is 8.90. The van der Waals surface area contributed by atoms with Gasteiger partial charge in [0.1, 0.15) is 6.16 Å². The zero-order chi connectivity index (χ0) is 12.9. The summed E-state index contributed by atoms with van der Waals surface area (Å²) in [6.07, 6.45) is -0.0855. The van der Waals surface area contributed by atoms with Gasteiger partial charge in [-0.2, -0.15) is 0 Å². The molecule has 0 spiro atoms. The summed E-state index contributed by atoms with van der Waals surface area (Å²) in [5, 5.41) is 0.594. The Morgan fingerprint density at radius 3 is 2.35 bits per heavy atom. The van der Waals surface area contributed by atoms with Gasteiger partial charge in [-0.05, 0) is 19.1 Å². The minimum atomic E-state index is -3.07. The lowest BCUT2D eigenvalue weighted by molar-refractivity contribution is -0.126. The Balaban J connectivity index is 2.98. The minimum absolute atomic E-state index is 0.0855. The van der Waals surface area contributed by atoms with Crippen molar-refractivity contribution in [2.45, 2.75) is 6.92 Å². The maximum atomic E-state index is 12.7. The molecule has 0 bridgehead atoms. The van der Waals surface area contributed by atoms with E-state index in [0.29, 0.717) is 11.9 Å². The molecule has 0 aliphatic heterocycles. The molecule has 1 aromatic rings. The number of hydrogen-bond acceptors (Lipinski definition) is 3. The molecule has 1 amide bonds. The van der Waals surface area contributed by atoms with Gasteiger partial charge in [0.2, 0.25) is 13.3 Å². The molecule has 0 saturated carbocycles. The molecule has 5 heteroatoms. The van der Waals surface area contributed by atoms with E-state index >= 15 is 0 Å². The highest BCUT2D eigenvalue weighted by Crippen LogP contribution is 2.45. The molecular weight excluding hydrogens is 237 g/mol. The number of benzene rings is 1. The highest BCUT2D eigenvalue weighted by molar-refractivity contribution is 7.67. The lowest BCUT2D eigenvalue weighted by atomic mass is 10.4. The lowest BCUT2D eigenvalue weighted by Crippen LogP contribution is -2.27. The maximum absolute atomic E-state index is 12.7. The summed E-state index contributed by atoms with van der Waals surface area (Å²) in [5.41, 5.74) is 0. The van der Waals surface area contributed by atoms with Crippen molar-refractivity contribution in [1.29, 1.82) is 0 Å². The van der Waals surface area contributed by atoms with Crippen molar-refractivity contribution >= 4 is 18.6 Å². The van der Waals surface area contributed by atoms with Crippen LogP contribution < -0.4 is 5.30 Å². The molecule has 0 aromatic heterocycles. The Morgan fingerprint density at radius 2 is 1.88 bits per heavy atom. The highest BCUT2D eigenvalue weighted by Gasteiger charge is 2.29. The van der Waals surface area contributed by atoms with Crippen LogP contribution in [-0.4, -0.2) is 37.7 Å². The van der Waals surface area contributed by atoms with Crippen molar-refractivity contribution in [1.82, 2.24) is 4.90 Å². The van der Waals surface area contributed by atoms with E-state index < -0.39 is 7.37 Å². The average molecular weight is 255 g/mol. The number of rotatable bonds is 5. The van der Waals surface area contributed by atoms with Crippen LogP contribution in [0.5, 0.6) is 0 Å². The molecule has 4 nitrogen and oxygen atoms in total. The van der Waals surface area contributed by atoms with Crippen molar-refractivity contribution in [2.75, 3.05) is 26.9 Å². The first kappa shape index (κ1) is 13.9. The van der Waals surface area contributed by atoms with Crippen molar-refractivity contribution in [2.24, 2.45) is 0 Å².